The van der Waals surface area contributed by atoms with Crippen LogP contribution < -0.4 is 11.0 Å². The average molecular weight is 224 g/mol. The van der Waals surface area contributed by atoms with Gasteiger partial charge in [0.15, 0.2) is 0 Å². The zero-order valence-corrected chi connectivity index (χ0v) is 8.78. The van der Waals surface area contributed by atoms with Crippen LogP contribution in [0, 0.1) is 0 Å². The SMILES string of the molecule is ONCCOCCOCCOCCNO. The van der Waals surface area contributed by atoms with Gasteiger partial charge in [0, 0.05) is 13.1 Å². The van der Waals surface area contributed by atoms with Crippen LogP contribution >= 0.6 is 0 Å². The highest BCUT2D eigenvalue weighted by atomic mass is 16.5. The molecule has 4 N–H and O–H groups in total. The summed E-state index contributed by atoms with van der Waals surface area (Å²) in [6.07, 6.45) is 0. The lowest BCUT2D eigenvalue weighted by molar-refractivity contribution is 0.00692. The topological polar surface area (TPSA) is 92.2 Å². The van der Waals surface area contributed by atoms with Gasteiger partial charge in [0.25, 0.3) is 0 Å². The maximum Gasteiger partial charge on any atom is 0.0701 e. The molecule has 0 saturated heterocycles. The maximum atomic E-state index is 8.21. The van der Waals surface area contributed by atoms with Crippen molar-refractivity contribution in [2.75, 3.05) is 52.7 Å². The first-order chi connectivity index (χ1) is 7.41. The van der Waals surface area contributed by atoms with Crippen molar-refractivity contribution in [3.8, 4) is 0 Å². The predicted octanol–water partition coefficient (Wildman–Crippen LogP) is -1.01. The molecule has 0 fully saturated rings. The van der Waals surface area contributed by atoms with E-state index in [-0.39, 0.29) is 0 Å². The monoisotopic (exact) mass is 224 g/mol. The van der Waals surface area contributed by atoms with Gasteiger partial charge in [0.1, 0.15) is 0 Å². The Morgan fingerprint density at radius 3 is 1.27 bits per heavy atom. The molecule has 0 aliphatic carbocycles. The molecule has 7 nitrogen and oxygen atoms in total. The van der Waals surface area contributed by atoms with Crippen molar-refractivity contribution >= 4 is 0 Å². The van der Waals surface area contributed by atoms with E-state index in [9.17, 15) is 0 Å². The van der Waals surface area contributed by atoms with Crippen molar-refractivity contribution in [2.45, 2.75) is 0 Å². The van der Waals surface area contributed by atoms with Crippen LogP contribution in [0.1, 0.15) is 0 Å². The molecule has 0 aromatic heterocycles. The van der Waals surface area contributed by atoms with Gasteiger partial charge in [-0.05, 0) is 0 Å². The van der Waals surface area contributed by atoms with Crippen LogP contribution in [0.5, 0.6) is 0 Å². The molecule has 0 aromatic carbocycles. The number of ether oxygens (including phenoxy) is 3. The molecule has 0 bridgehead atoms. The third-order valence-electron chi connectivity index (χ3n) is 1.46. The molecule has 0 atom stereocenters. The van der Waals surface area contributed by atoms with Gasteiger partial charge in [-0.25, -0.2) is 11.0 Å². The largest absolute Gasteiger partial charge is 0.378 e. The molecule has 0 amide bonds. The van der Waals surface area contributed by atoms with Crippen molar-refractivity contribution in [3.63, 3.8) is 0 Å². The molecule has 0 heterocycles. The summed E-state index contributed by atoms with van der Waals surface area (Å²) in [7, 11) is 0. The first-order valence-corrected chi connectivity index (χ1v) is 4.89. The van der Waals surface area contributed by atoms with Crippen molar-refractivity contribution < 1.29 is 24.6 Å². The summed E-state index contributed by atoms with van der Waals surface area (Å²) in [4.78, 5) is 0. The van der Waals surface area contributed by atoms with Crippen molar-refractivity contribution in [1.82, 2.24) is 11.0 Å². The van der Waals surface area contributed by atoms with E-state index in [1.54, 1.807) is 0 Å². The van der Waals surface area contributed by atoms with E-state index < -0.39 is 0 Å². The molecule has 0 aliphatic rings. The van der Waals surface area contributed by atoms with E-state index in [2.05, 4.69) is 0 Å². The van der Waals surface area contributed by atoms with E-state index in [1.807, 2.05) is 11.0 Å². The fraction of sp³-hybridized carbons (Fsp3) is 1.00. The molecule has 7 heteroatoms. The molecule has 0 radical (unpaired) electrons. The van der Waals surface area contributed by atoms with Gasteiger partial charge in [-0.3, -0.25) is 0 Å². The molecular weight excluding hydrogens is 204 g/mol. The first kappa shape index (κ1) is 14.7. The summed E-state index contributed by atoms with van der Waals surface area (Å²) in [5.74, 6) is 0. The lowest BCUT2D eigenvalue weighted by atomic mass is 10.7. The van der Waals surface area contributed by atoms with Gasteiger partial charge in [-0.2, -0.15) is 0 Å². The van der Waals surface area contributed by atoms with Gasteiger partial charge in [0.2, 0.25) is 0 Å². The normalized spacial score (nSPS) is 10.8. The number of nitrogens with one attached hydrogen (secondary N) is 2. The number of hydrogen-bond acceptors (Lipinski definition) is 7. The Morgan fingerprint density at radius 2 is 0.933 bits per heavy atom. The molecule has 0 spiro atoms. The molecular formula is C8H20N2O5. The second kappa shape index (κ2) is 13.7. The van der Waals surface area contributed by atoms with Crippen molar-refractivity contribution in [3.05, 3.63) is 0 Å². The van der Waals surface area contributed by atoms with Crippen LogP contribution in [0.2, 0.25) is 0 Å². The smallest absolute Gasteiger partial charge is 0.0701 e. The second-order valence-electron chi connectivity index (χ2n) is 2.65. The van der Waals surface area contributed by atoms with Gasteiger partial charge >= 0.3 is 0 Å². The van der Waals surface area contributed by atoms with E-state index in [0.717, 1.165) is 0 Å². The summed E-state index contributed by atoms with van der Waals surface area (Å²) >= 11 is 0. The lowest BCUT2D eigenvalue weighted by Gasteiger charge is -2.06. The Kier molecular flexibility index (Phi) is 13.5. The molecule has 92 valence electrons. The summed E-state index contributed by atoms with van der Waals surface area (Å²) in [5.41, 5.74) is 3.97. The second-order valence-corrected chi connectivity index (χ2v) is 2.65. The van der Waals surface area contributed by atoms with E-state index in [0.29, 0.717) is 52.7 Å². The van der Waals surface area contributed by atoms with Crippen molar-refractivity contribution in [2.24, 2.45) is 0 Å². The maximum absolute atomic E-state index is 8.21. The number of hydroxylamine groups is 2. The Balaban J connectivity index is 2.81. The Morgan fingerprint density at radius 1 is 0.600 bits per heavy atom. The predicted molar refractivity (Wildman–Crippen MR) is 52.0 cm³/mol. The third-order valence-corrected chi connectivity index (χ3v) is 1.46. The molecule has 0 aromatic rings. The van der Waals surface area contributed by atoms with Gasteiger partial charge in [0.05, 0.1) is 39.6 Å². The van der Waals surface area contributed by atoms with Gasteiger partial charge in [-0.1, -0.05) is 0 Å². The average Bonchev–Trinajstić information content (AvgIpc) is 2.26. The summed E-state index contributed by atoms with van der Waals surface area (Å²) in [6.45, 7) is 3.76. The zero-order chi connectivity index (χ0) is 11.2. The Labute approximate surface area is 89.2 Å². The molecule has 0 saturated carbocycles. The van der Waals surface area contributed by atoms with Crippen LogP contribution in [0.25, 0.3) is 0 Å². The van der Waals surface area contributed by atoms with Crippen LogP contribution in [0.4, 0.5) is 0 Å². The minimum atomic E-state index is 0.414. The Bertz CT molecular complexity index is 105. The summed E-state index contributed by atoms with van der Waals surface area (Å²) in [6, 6.07) is 0. The molecule has 0 unspecified atom stereocenters. The van der Waals surface area contributed by atoms with E-state index in [1.165, 1.54) is 0 Å². The van der Waals surface area contributed by atoms with Gasteiger partial charge in [-0.15, -0.1) is 0 Å². The highest BCUT2D eigenvalue weighted by Gasteiger charge is 1.91. The molecule has 0 rings (SSSR count). The fourth-order valence-electron chi connectivity index (χ4n) is 0.778. The Hall–Kier alpha value is -0.280. The zero-order valence-electron chi connectivity index (χ0n) is 8.78. The van der Waals surface area contributed by atoms with Crippen LogP contribution in [0.3, 0.4) is 0 Å². The first-order valence-electron chi connectivity index (χ1n) is 4.89. The van der Waals surface area contributed by atoms with Crippen molar-refractivity contribution in [1.29, 1.82) is 0 Å². The van der Waals surface area contributed by atoms with Crippen LogP contribution in [-0.4, -0.2) is 63.1 Å². The van der Waals surface area contributed by atoms with E-state index in [4.69, 9.17) is 24.6 Å². The number of hydrogen-bond donors (Lipinski definition) is 4. The summed E-state index contributed by atoms with van der Waals surface area (Å²) < 4.78 is 15.4. The lowest BCUT2D eigenvalue weighted by Crippen LogP contribution is -2.18. The van der Waals surface area contributed by atoms with E-state index >= 15 is 0 Å². The fourth-order valence-corrected chi connectivity index (χ4v) is 0.778. The number of rotatable bonds is 12. The minimum absolute atomic E-state index is 0.414. The van der Waals surface area contributed by atoms with Crippen LogP contribution in [-0.2, 0) is 14.2 Å². The highest BCUT2D eigenvalue weighted by molar-refractivity contribution is 4.36. The quantitative estimate of drug-likeness (QED) is 0.249. The molecule has 15 heavy (non-hydrogen) atoms. The summed E-state index contributed by atoms with van der Waals surface area (Å²) in [5, 5.41) is 16.4. The third kappa shape index (κ3) is 13.7. The van der Waals surface area contributed by atoms with Gasteiger partial charge < -0.3 is 24.6 Å². The highest BCUT2D eigenvalue weighted by Crippen LogP contribution is 1.80. The van der Waals surface area contributed by atoms with Crippen LogP contribution in [0.15, 0.2) is 0 Å². The standard InChI is InChI=1S/C8H20N2O5/c11-9-1-3-13-5-7-15-8-6-14-4-2-10-12/h9-12H,1-8H2. The molecule has 0 aliphatic heterocycles. The minimum Gasteiger partial charge on any atom is -0.378 e.